The lowest BCUT2D eigenvalue weighted by Gasteiger charge is -2.32. The molecule has 0 saturated carbocycles. The molecule has 0 aromatic heterocycles. The summed E-state index contributed by atoms with van der Waals surface area (Å²) >= 11 is 0. The van der Waals surface area contributed by atoms with Crippen LogP contribution in [-0.4, -0.2) is 47.8 Å². The van der Waals surface area contributed by atoms with E-state index in [0.717, 1.165) is 70.6 Å². The highest BCUT2D eigenvalue weighted by molar-refractivity contribution is 5.92. The molecule has 6 nitrogen and oxygen atoms in total. The zero-order valence-corrected chi connectivity index (χ0v) is 18.7. The van der Waals surface area contributed by atoms with Gasteiger partial charge >= 0.3 is 0 Å². The molecule has 2 aliphatic rings. The van der Waals surface area contributed by atoms with Crippen LogP contribution >= 0.6 is 0 Å². The highest BCUT2D eigenvalue weighted by Gasteiger charge is 2.26. The minimum atomic E-state index is -0.181. The Balaban J connectivity index is 1.29. The second kappa shape index (κ2) is 10.7. The largest absolute Gasteiger partial charge is 0.369 e. The van der Waals surface area contributed by atoms with Gasteiger partial charge in [-0.1, -0.05) is 42.5 Å². The summed E-state index contributed by atoms with van der Waals surface area (Å²) < 4.78 is 0. The molecule has 32 heavy (non-hydrogen) atoms. The number of anilines is 1. The number of rotatable bonds is 7. The highest BCUT2D eigenvalue weighted by atomic mass is 16.2. The number of piperidine rings is 2. The number of carbonyl (C=O) groups excluding carboxylic acids is 2. The Labute approximate surface area is 190 Å². The monoisotopic (exact) mass is 434 g/mol. The van der Waals surface area contributed by atoms with Crippen LogP contribution < -0.4 is 11.1 Å². The Morgan fingerprint density at radius 1 is 0.844 bits per heavy atom. The number of primary amides is 1. The van der Waals surface area contributed by atoms with Crippen molar-refractivity contribution in [2.24, 2.45) is 17.6 Å². The third kappa shape index (κ3) is 6.17. The average Bonchev–Trinajstić information content (AvgIpc) is 2.80. The van der Waals surface area contributed by atoms with E-state index in [1.54, 1.807) is 0 Å². The van der Waals surface area contributed by atoms with E-state index in [4.69, 9.17) is 5.73 Å². The van der Waals surface area contributed by atoms with Gasteiger partial charge in [0.05, 0.1) is 5.92 Å². The summed E-state index contributed by atoms with van der Waals surface area (Å²) in [7, 11) is 0. The van der Waals surface area contributed by atoms with Crippen molar-refractivity contribution in [3.63, 3.8) is 0 Å². The van der Waals surface area contributed by atoms with Gasteiger partial charge in [-0.2, -0.15) is 0 Å². The standard InChI is InChI=1S/C26H34N4O2/c27-25(31)22-11-14-29(15-12-22)18-21-8-4-10-24(16-21)28-26(32)23-9-5-13-30(19-23)17-20-6-2-1-3-7-20/h1-4,6-8,10,16,22-23H,5,9,11-15,17-19H2,(H2,27,31)(H,28,32). The maximum atomic E-state index is 13.0. The first-order chi connectivity index (χ1) is 15.6. The first-order valence-electron chi connectivity index (χ1n) is 11.7. The quantitative estimate of drug-likeness (QED) is 0.701. The Kier molecular flexibility index (Phi) is 7.55. The lowest BCUT2D eigenvalue weighted by molar-refractivity contribution is -0.123. The highest BCUT2D eigenvalue weighted by Crippen LogP contribution is 2.22. The van der Waals surface area contributed by atoms with Crippen molar-refractivity contribution in [1.29, 1.82) is 0 Å². The van der Waals surface area contributed by atoms with Crippen LogP contribution in [0.1, 0.15) is 36.8 Å². The average molecular weight is 435 g/mol. The second-order valence-electron chi connectivity index (χ2n) is 9.20. The zero-order chi connectivity index (χ0) is 22.3. The molecule has 3 N–H and O–H groups in total. The SMILES string of the molecule is NC(=O)C1CCN(Cc2cccc(NC(=O)C3CCCN(Cc4ccccc4)C3)c2)CC1. The molecule has 170 valence electrons. The summed E-state index contributed by atoms with van der Waals surface area (Å²) in [6.45, 7) is 5.32. The van der Waals surface area contributed by atoms with Gasteiger partial charge in [-0.25, -0.2) is 0 Å². The fourth-order valence-corrected chi connectivity index (χ4v) is 4.88. The van der Waals surface area contributed by atoms with Gasteiger partial charge in [-0.3, -0.25) is 19.4 Å². The van der Waals surface area contributed by atoms with E-state index >= 15 is 0 Å². The molecule has 1 unspecified atom stereocenters. The number of nitrogens with two attached hydrogens (primary N) is 1. The van der Waals surface area contributed by atoms with Gasteiger partial charge in [0.25, 0.3) is 0 Å². The van der Waals surface area contributed by atoms with Crippen LogP contribution in [0.15, 0.2) is 54.6 Å². The van der Waals surface area contributed by atoms with Crippen LogP contribution in [0.5, 0.6) is 0 Å². The van der Waals surface area contributed by atoms with Crippen LogP contribution in [-0.2, 0) is 22.7 Å². The number of carbonyl (C=O) groups is 2. The van der Waals surface area contributed by atoms with Crippen LogP contribution in [0.25, 0.3) is 0 Å². The molecule has 2 heterocycles. The van der Waals surface area contributed by atoms with E-state index in [1.165, 1.54) is 11.1 Å². The van der Waals surface area contributed by atoms with E-state index in [2.05, 4.69) is 51.5 Å². The van der Waals surface area contributed by atoms with Gasteiger partial charge < -0.3 is 11.1 Å². The number of nitrogens with zero attached hydrogens (tertiary/aromatic N) is 2. The van der Waals surface area contributed by atoms with E-state index in [9.17, 15) is 9.59 Å². The number of amides is 2. The molecular weight excluding hydrogens is 400 g/mol. The summed E-state index contributed by atoms with van der Waals surface area (Å²) in [5.41, 5.74) is 8.77. The van der Waals surface area contributed by atoms with Crippen LogP contribution in [0, 0.1) is 11.8 Å². The normalized spacial score (nSPS) is 20.7. The van der Waals surface area contributed by atoms with Crippen LogP contribution in [0.2, 0.25) is 0 Å². The Bertz CT molecular complexity index is 909. The summed E-state index contributed by atoms with van der Waals surface area (Å²) in [4.78, 5) is 29.1. The topological polar surface area (TPSA) is 78.7 Å². The van der Waals surface area contributed by atoms with Crippen LogP contribution in [0.4, 0.5) is 5.69 Å². The summed E-state index contributed by atoms with van der Waals surface area (Å²) in [6.07, 6.45) is 3.64. The first kappa shape index (κ1) is 22.5. The molecule has 2 aromatic rings. The third-order valence-corrected chi connectivity index (χ3v) is 6.72. The van der Waals surface area contributed by atoms with Gasteiger partial charge in [0.1, 0.15) is 0 Å². The molecule has 0 radical (unpaired) electrons. The summed E-state index contributed by atoms with van der Waals surface area (Å²) in [5, 5.41) is 3.15. The first-order valence-corrected chi connectivity index (χ1v) is 11.7. The molecule has 4 rings (SSSR count). The lowest BCUT2D eigenvalue weighted by Crippen LogP contribution is -2.40. The fourth-order valence-electron chi connectivity index (χ4n) is 4.88. The van der Waals surface area contributed by atoms with Crippen molar-refractivity contribution >= 4 is 17.5 Å². The maximum Gasteiger partial charge on any atom is 0.228 e. The lowest BCUT2D eigenvalue weighted by atomic mass is 9.96. The number of nitrogens with one attached hydrogen (secondary N) is 1. The smallest absolute Gasteiger partial charge is 0.228 e. The predicted octanol–water partition coefficient (Wildman–Crippen LogP) is 3.23. The number of likely N-dealkylation sites (tertiary alicyclic amines) is 2. The van der Waals surface area contributed by atoms with Crippen molar-refractivity contribution in [1.82, 2.24) is 9.80 Å². The molecule has 2 aliphatic heterocycles. The molecular formula is C26H34N4O2. The van der Waals surface area contributed by atoms with E-state index in [0.29, 0.717) is 0 Å². The van der Waals surface area contributed by atoms with Crippen molar-refractivity contribution < 1.29 is 9.59 Å². The van der Waals surface area contributed by atoms with Crippen molar-refractivity contribution in [3.05, 3.63) is 65.7 Å². The van der Waals surface area contributed by atoms with E-state index in [-0.39, 0.29) is 23.7 Å². The van der Waals surface area contributed by atoms with Crippen molar-refractivity contribution in [2.75, 3.05) is 31.5 Å². The third-order valence-electron chi connectivity index (χ3n) is 6.72. The fraction of sp³-hybridized carbons (Fsp3) is 0.462. The van der Waals surface area contributed by atoms with Gasteiger partial charge in [0.15, 0.2) is 0 Å². The van der Waals surface area contributed by atoms with Gasteiger partial charge in [-0.15, -0.1) is 0 Å². The molecule has 2 amide bonds. The Hall–Kier alpha value is -2.70. The van der Waals surface area contributed by atoms with E-state index < -0.39 is 0 Å². The summed E-state index contributed by atoms with van der Waals surface area (Å²) in [6, 6.07) is 18.6. The molecule has 0 aliphatic carbocycles. The Morgan fingerprint density at radius 2 is 1.56 bits per heavy atom. The predicted molar refractivity (Wildman–Crippen MR) is 127 cm³/mol. The van der Waals surface area contributed by atoms with Crippen molar-refractivity contribution in [3.8, 4) is 0 Å². The molecule has 1 atom stereocenters. The van der Waals surface area contributed by atoms with Crippen LogP contribution in [0.3, 0.4) is 0 Å². The van der Waals surface area contributed by atoms with E-state index in [1.807, 2.05) is 18.2 Å². The molecule has 2 saturated heterocycles. The number of hydrogen-bond acceptors (Lipinski definition) is 4. The Morgan fingerprint density at radius 3 is 2.31 bits per heavy atom. The van der Waals surface area contributed by atoms with Gasteiger partial charge in [0, 0.05) is 31.2 Å². The van der Waals surface area contributed by atoms with Gasteiger partial charge in [0.2, 0.25) is 11.8 Å². The minimum Gasteiger partial charge on any atom is -0.369 e. The van der Waals surface area contributed by atoms with Crippen molar-refractivity contribution in [2.45, 2.75) is 38.8 Å². The zero-order valence-electron chi connectivity index (χ0n) is 18.7. The molecule has 2 fully saturated rings. The molecule has 0 spiro atoms. The number of benzene rings is 2. The second-order valence-corrected chi connectivity index (χ2v) is 9.20. The molecule has 0 bridgehead atoms. The summed E-state index contributed by atoms with van der Waals surface area (Å²) in [5.74, 6) is -0.0423. The molecule has 6 heteroatoms. The van der Waals surface area contributed by atoms with Gasteiger partial charge in [-0.05, 0) is 68.6 Å². The minimum absolute atomic E-state index is 0.00817. The maximum absolute atomic E-state index is 13.0. The number of hydrogen-bond donors (Lipinski definition) is 2. The molecule has 2 aromatic carbocycles.